The van der Waals surface area contributed by atoms with E-state index in [0.717, 1.165) is 51.7 Å². The van der Waals surface area contributed by atoms with Gasteiger partial charge in [0.2, 0.25) is 0 Å². The summed E-state index contributed by atoms with van der Waals surface area (Å²) in [4.78, 5) is 6.89. The predicted molar refractivity (Wildman–Crippen MR) is 139 cm³/mol. The molecular weight excluding hydrogens is 487 g/mol. The second kappa shape index (κ2) is 13.5. The van der Waals surface area contributed by atoms with E-state index in [4.69, 9.17) is 4.74 Å². The highest BCUT2D eigenvalue weighted by Crippen LogP contribution is 2.33. The third-order valence-corrected chi connectivity index (χ3v) is 5.91. The van der Waals surface area contributed by atoms with Crippen molar-refractivity contribution in [1.29, 1.82) is 0 Å². The molecule has 1 fully saturated rings. The number of hydrogen-bond donors (Lipinski definition) is 2. The van der Waals surface area contributed by atoms with Crippen molar-refractivity contribution < 1.29 is 4.74 Å². The SMILES string of the molecule is CCN(CC)Cc1ccccc1CNC(=NC)NCC1CCCOC1C(C)(C)C.I. The van der Waals surface area contributed by atoms with Crippen LogP contribution in [0.1, 0.15) is 58.6 Å². The van der Waals surface area contributed by atoms with Gasteiger partial charge in [0.25, 0.3) is 0 Å². The summed E-state index contributed by atoms with van der Waals surface area (Å²) < 4.78 is 6.12. The molecule has 0 aromatic heterocycles. The zero-order valence-corrected chi connectivity index (χ0v) is 22.2. The molecule has 2 atom stereocenters. The van der Waals surface area contributed by atoms with Gasteiger partial charge in [0.05, 0.1) is 6.10 Å². The van der Waals surface area contributed by atoms with Crippen molar-refractivity contribution in [1.82, 2.24) is 15.5 Å². The molecule has 0 radical (unpaired) electrons. The largest absolute Gasteiger partial charge is 0.377 e. The van der Waals surface area contributed by atoms with E-state index < -0.39 is 0 Å². The second-order valence-electron chi connectivity index (χ2n) is 9.10. The van der Waals surface area contributed by atoms with Crippen molar-refractivity contribution in [3.05, 3.63) is 35.4 Å². The van der Waals surface area contributed by atoms with Crippen LogP contribution in [0.4, 0.5) is 0 Å². The van der Waals surface area contributed by atoms with Crippen LogP contribution in [0.25, 0.3) is 0 Å². The van der Waals surface area contributed by atoms with Crippen LogP contribution in [0.3, 0.4) is 0 Å². The summed E-state index contributed by atoms with van der Waals surface area (Å²) >= 11 is 0. The molecule has 1 aromatic rings. The lowest BCUT2D eigenvalue weighted by molar-refractivity contribution is -0.0835. The van der Waals surface area contributed by atoms with Crippen LogP contribution >= 0.6 is 24.0 Å². The van der Waals surface area contributed by atoms with Gasteiger partial charge in [-0.15, -0.1) is 24.0 Å². The molecule has 0 saturated carbocycles. The van der Waals surface area contributed by atoms with Gasteiger partial charge in [0.15, 0.2) is 5.96 Å². The molecule has 1 aliphatic rings. The number of guanidine groups is 1. The highest BCUT2D eigenvalue weighted by Gasteiger charge is 2.35. The molecule has 1 aromatic carbocycles. The van der Waals surface area contributed by atoms with Crippen molar-refractivity contribution in [2.45, 2.75) is 66.7 Å². The molecule has 1 heterocycles. The molecular formula is C24H43IN4O. The molecule has 0 amide bonds. The van der Waals surface area contributed by atoms with Crippen LogP contribution in [0.2, 0.25) is 0 Å². The standard InChI is InChI=1S/C24H42N4O.HI/c1-7-28(8-2)18-21-13-10-9-12-19(21)16-26-23(25-6)27-17-20-14-11-15-29-22(20)24(3,4)5;/h9-10,12-13,20,22H,7-8,11,14-18H2,1-6H3,(H2,25,26,27);1H. The Morgan fingerprint density at radius 2 is 1.80 bits per heavy atom. The van der Waals surface area contributed by atoms with Gasteiger partial charge in [0.1, 0.15) is 0 Å². The number of ether oxygens (including phenoxy) is 1. The van der Waals surface area contributed by atoms with Gasteiger partial charge in [-0.1, -0.05) is 58.9 Å². The number of benzene rings is 1. The highest BCUT2D eigenvalue weighted by molar-refractivity contribution is 14.0. The first-order valence-electron chi connectivity index (χ1n) is 11.2. The van der Waals surface area contributed by atoms with E-state index in [1.165, 1.54) is 17.5 Å². The third kappa shape index (κ3) is 8.35. The maximum atomic E-state index is 6.12. The summed E-state index contributed by atoms with van der Waals surface area (Å²) in [5, 5.41) is 7.05. The van der Waals surface area contributed by atoms with Crippen LogP contribution in [0, 0.1) is 11.3 Å². The van der Waals surface area contributed by atoms with E-state index >= 15 is 0 Å². The van der Waals surface area contributed by atoms with Gasteiger partial charge in [0, 0.05) is 39.2 Å². The summed E-state index contributed by atoms with van der Waals surface area (Å²) in [6.07, 6.45) is 2.64. The second-order valence-corrected chi connectivity index (χ2v) is 9.10. The molecule has 0 aliphatic carbocycles. The molecule has 0 bridgehead atoms. The molecule has 5 nitrogen and oxygen atoms in total. The van der Waals surface area contributed by atoms with Crippen molar-refractivity contribution in [3.8, 4) is 0 Å². The summed E-state index contributed by atoms with van der Waals surface area (Å²) in [6, 6.07) is 8.69. The highest BCUT2D eigenvalue weighted by atomic mass is 127. The lowest BCUT2D eigenvalue weighted by atomic mass is 9.78. The maximum absolute atomic E-state index is 6.12. The maximum Gasteiger partial charge on any atom is 0.191 e. The van der Waals surface area contributed by atoms with Gasteiger partial charge in [-0.05, 0) is 42.5 Å². The van der Waals surface area contributed by atoms with Crippen LogP contribution in [-0.4, -0.2) is 50.3 Å². The Bertz CT molecular complexity index is 640. The van der Waals surface area contributed by atoms with Crippen molar-refractivity contribution >= 4 is 29.9 Å². The first kappa shape index (κ1) is 27.2. The number of rotatable bonds is 8. The van der Waals surface area contributed by atoms with E-state index in [9.17, 15) is 0 Å². The first-order valence-corrected chi connectivity index (χ1v) is 11.2. The molecule has 172 valence electrons. The first-order chi connectivity index (χ1) is 13.9. The van der Waals surface area contributed by atoms with E-state index in [-0.39, 0.29) is 35.5 Å². The fourth-order valence-electron chi connectivity index (χ4n) is 4.21. The lowest BCUT2D eigenvalue weighted by Crippen LogP contribution is -2.47. The van der Waals surface area contributed by atoms with Gasteiger partial charge >= 0.3 is 0 Å². The minimum Gasteiger partial charge on any atom is -0.377 e. The number of nitrogens with one attached hydrogen (secondary N) is 2. The Morgan fingerprint density at radius 3 is 2.40 bits per heavy atom. The fourth-order valence-corrected chi connectivity index (χ4v) is 4.21. The fraction of sp³-hybridized carbons (Fsp3) is 0.708. The summed E-state index contributed by atoms with van der Waals surface area (Å²) in [6.45, 7) is 16.9. The van der Waals surface area contributed by atoms with E-state index in [1.54, 1.807) is 0 Å². The average Bonchev–Trinajstić information content (AvgIpc) is 2.72. The quantitative estimate of drug-likeness (QED) is 0.292. The number of nitrogens with zero attached hydrogens (tertiary/aromatic N) is 2. The van der Waals surface area contributed by atoms with Crippen molar-refractivity contribution in [3.63, 3.8) is 0 Å². The van der Waals surface area contributed by atoms with Crippen LogP contribution in [-0.2, 0) is 17.8 Å². The van der Waals surface area contributed by atoms with Crippen LogP contribution in [0.15, 0.2) is 29.3 Å². The normalized spacial score (nSPS) is 20.0. The molecule has 6 heteroatoms. The van der Waals surface area contributed by atoms with E-state index in [1.807, 2.05) is 7.05 Å². The predicted octanol–water partition coefficient (Wildman–Crippen LogP) is 4.65. The Morgan fingerprint density at radius 1 is 1.13 bits per heavy atom. The Labute approximate surface area is 201 Å². The topological polar surface area (TPSA) is 48.9 Å². The minimum atomic E-state index is 0. The van der Waals surface area contributed by atoms with Crippen LogP contribution in [0.5, 0.6) is 0 Å². The smallest absolute Gasteiger partial charge is 0.191 e. The number of hydrogen-bond acceptors (Lipinski definition) is 3. The van der Waals surface area contributed by atoms with Gasteiger partial charge < -0.3 is 15.4 Å². The summed E-state index contributed by atoms with van der Waals surface area (Å²) in [5.74, 6) is 1.37. The van der Waals surface area contributed by atoms with Crippen molar-refractivity contribution in [2.75, 3.05) is 33.3 Å². The summed E-state index contributed by atoms with van der Waals surface area (Å²) in [5.41, 5.74) is 2.87. The number of halogens is 1. The molecule has 1 aliphatic heterocycles. The zero-order chi connectivity index (χ0) is 21.3. The van der Waals surface area contributed by atoms with Crippen molar-refractivity contribution in [2.24, 2.45) is 16.3 Å². The molecule has 1 saturated heterocycles. The monoisotopic (exact) mass is 530 g/mol. The average molecular weight is 531 g/mol. The van der Waals surface area contributed by atoms with Crippen LogP contribution < -0.4 is 10.6 Å². The summed E-state index contributed by atoms with van der Waals surface area (Å²) in [7, 11) is 1.84. The van der Waals surface area contributed by atoms with E-state index in [0.29, 0.717) is 5.92 Å². The Balaban J connectivity index is 0.00000450. The Kier molecular flexibility index (Phi) is 12.3. The molecule has 0 spiro atoms. The Hall–Kier alpha value is -0.860. The molecule has 30 heavy (non-hydrogen) atoms. The molecule has 2 N–H and O–H groups in total. The van der Waals surface area contributed by atoms with Gasteiger partial charge in [-0.2, -0.15) is 0 Å². The molecule has 2 unspecified atom stereocenters. The zero-order valence-electron chi connectivity index (χ0n) is 19.8. The van der Waals surface area contributed by atoms with Gasteiger partial charge in [-0.25, -0.2) is 0 Å². The third-order valence-electron chi connectivity index (χ3n) is 5.91. The minimum absolute atomic E-state index is 0. The number of aliphatic imine (C=N–C) groups is 1. The van der Waals surface area contributed by atoms with Gasteiger partial charge in [-0.3, -0.25) is 9.89 Å². The van der Waals surface area contributed by atoms with E-state index in [2.05, 4.69) is 79.4 Å². The molecule has 2 rings (SSSR count). The lowest BCUT2D eigenvalue weighted by Gasteiger charge is -2.40.